The zero-order chi connectivity index (χ0) is 9.72. The van der Waals surface area contributed by atoms with E-state index in [1.807, 2.05) is 0 Å². The molecule has 6 heteroatoms. The second kappa shape index (κ2) is 5.13. The second-order valence-electron chi connectivity index (χ2n) is 2.57. The first kappa shape index (κ1) is 11.4. The van der Waals surface area contributed by atoms with Gasteiger partial charge >= 0.3 is 13.1 Å². The Labute approximate surface area is 71.9 Å². The molecule has 70 valence electrons. The molecule has 0 aromatic rings. The zero-order valence-electron chi connectivity index (χ0n) is 7.44. The SMILES string of the molecule is CN[C@@H](C)[C@@H](OB(C)O)C(=O)O. The van der Waals surface area contributed by atoms with Crippen LogP contribution in [0.4, 0.5) is 0 Å². The fourth-order valence-corrected chi connectivity index (χ4v) is 0.753. The van der Waals surface area contributed by atoms with Crippen molar-refractivity contribution in [2.45, 2.75) is 25.9 Å². The summed E-state index contributed by atoms with van der Waals surface area (Å²) in [6.45, 7) is 3.04. The number of likely N-dealkylation sites (N-methyl/N-ethyl adjacent to an activating group) is 1. The van der Waals surface area contributed by atoms with E-state index in [-0.39, 0.29) is 6.04 Å². The van der Waals surface area contributed by atoms with Gasteiger partial charge in [-0.15, -0.1) is 0 Å². The van der Waals surface area contributed by atoms with Crippen molar-refractivity contribution in [3.63, 3.8) is 0 Å². The van der Waals surface area contributed by atoms with Crippen molar-refractivity contribution in [1.29, 1.82) is 0 Å². The highest BCUT2D eigenvalue weighted by Gasteiger charge is 2.26. The maximum atomic E-state index is 10.6. The van der Waals surface area contributed by atoms with Crippen LogP contribution in [-0.4, -0.2) is 42.4 Å². The second-order valence-corrected chi connectivity index (χ2v) is 2.57. The van der Waals surface area contributed by atoms with E-state index in [9.17, 15) is 4.79 Å². The summed E-state index contributed by atoms with van der Waals surface area (Å²) in [5.41, 5.74) is 0. The molecular weight excluding hydrogens is 161 g/mol. The van der Waals surface area contributed by atoms with Crippen LogP contribution in [-0.2, 0) is 9.45 Å². The highest BCUT2D eigenvalue weighted by Crippen LogP contribution is 2.00. The smallest absolute Gasteiger partial charge is 0.451 e. The number of carboxylic acid groups (broad SMARTS) is 1. The van der Waals surface area contributed by atoms with Crippen molar-refractivity contribution in [2.75, 3.05) is 7.05 Å². The van der Waals surface area contributed by atoms with E-state index in [2.05, 4.69) is 5.32 Å². The maximum Gasteiger partial charge on any atom is 0.451 e. The Morgan fingerprint density at radius 3 is 2.42 bits per heavy atom. The molecule has 0 aliphatic carbocycles. The van der Waals surface area contributed by atoms with E-state index >= 15 is 0 Å². The van der Waals surface area contributed by atoms with Crippen LogP contribution in [0, 0.1) is 0 Å². The predicted octanol–water partition coefficient (Wildman–Crippen LogP) is -0.826. The van der Waals surface area contributed by atoms with E-state index in [0.29, 0.717) is 0 Å². The summed E-state index contributed by atoms with van der Waals surface area (Å²) in [5, 5.41) is 20.2. The average molecular weight is 175 g/mol. The topological polar surface area (TPSA) is 78.8 Å². The molecule has 2 atom stereocenters. The number of carboxylic acids is 1. The fraction of sp³-hybridized carbons (Fsp3) is 0.833. The number of nitrogens with one attached hydrogen (secondary N) is 1. The van der Waals surface area contributed by atoms with Gasteiger partial charge in [-0.05, 0) is 20.8 Å². The molecule has 0 aliphatic rings. The third-order valence-corrected chi connectivity index (χ3v) is 1.50. The van der Waals surface area contributed by atoms with Gasteiger partial charge in [0.2, 0.25) is 0 Å². The summed E-state index contributed by atoms with van der Waals surface area (Å²) < 4.78 is 4.76. The van der Waals surface area contributed by atoms with E-state index in [4.69, 9.17) is 14.8 Å². The van der Waals surface area contributed by atoms with Crippen LogP contribution in [0.2, 0.25) is 6.82 Å². The van der Waals surface area contributed by atoms with Crippen LogP contribution in [0.1, 0.15) is 6.92 Å². The quantitative estimate of drug-likeness (QED) is 0.475. The number of hydrogen-bond donors (Lipinski definition) is 3. The van der Waals surface area contributed by atoms with Crippen molar-refractivity contribution < 1.29 is 19.6 Å². The molecule has 5 nitrogen and oxygen atoms in total. The molecule has 0 amide bonds. The molecule has 0 aromatic heterocycles. The van der Waals surface area contributed by atoms with Crippen molar-refractivity contribution in [3.05, 3.63) is 0 Å². The van der Waals surface area contributed by atoms with Crippen LogP contribution in [0.5, 0.6) is 0 Å². The van der Waals surface area contributed by atoms with Gasteiger partial charge in [-0.1, -0.05) is 0 Å². The monoisotopic (exact) mass is 175 g/mol. The summed E-state index contributed by atoms with van der Waals surface area (Å²) in [4.78, 5) is 10.6. The molecule has 0 radical (unpaired) electrons. The van der Waals surface area contributed by atoms with Gasteiger partial charge in [-0.25, -0.2) is 4.79 Å². The summed E-state index contributed by atoms with van der Waals surface area (Å²) >= 11 is 0. The Morgan fingerprint density at radius 2 is 2.17 bits per heavy atom. The van der Waals surface area contributed by atoms with Crippen molar-refractivity contribution in [1.82, 2.24) is 5.32 Å². The molecule has 0 saturated heterocycles. The fourth-order valence-electron chi connectivity index (χ4n) is 0.753. The normalized spacial score (nSPS) is 15.3. The summed E-state index contributed by atoms with van der Waals surface area (Å²) in [6, 6.07) is -0.336. The highest BCUT2D eigenvalue weighted by atomic mass is 16.5. The summed E-state index contributed by atoms with van der Waals surface area (Å²) in [7, 11) is 0.563. The Balaban J connectivity index is 4.13. The third-order valence-electron chi connectivity index (χ3n) is 1.50. The first-order valence-electron chi connectivity index (χ1n) is 3.72. The first-order valence-corrected chi connectivity index (χ1v) is 3.72. The Bertz CT molecular complexity index is 152. The van der Waals surface area contributed by atoms with Crippen molar-refractivity contribution in [3.8, 4) is 0 Å². The van der Waals surface area contributed by atoms with Crippen LogP contribution < -0.4 is 5.32 Å². The van der Waals surface area contributed by atoms with Gasteiger partial charge in [0.15, 0.2) is 6.10 Å². The molecule has 0 aliphatic heterocycles. The van der Waals surface area contributed by atoms with Crippen LogP contribution >= 0.6 is 0 Å². The van der Waals surface area contributed by atoms with Gasteiger partial charge in [0.05, 0.1) is 0 Å². The van der Waals surface area contributed by atoms with Crippen LogP contribution in [0.15, 0.2) is 0 Å². The van der Waals surface area contributed by atoms with Gasteiger partial charge < -0.3 is 20.1 Å². The molecule has 12 heavy (non-hydrogen) atoms. The molecule has 0 heterocycles. The number of rotatable bonds is 5. The van der Waals surface area contributed by atoms with Gasteiger partial charge in [-0.3, -0.25) is 0 Å². The Kier molecular flexibility index (Phi) is 4.88. The lowest BCUT2D eigenvalue weighted by molar-refractivity contribution is -0.147. The standard InChI is InChI=1S/C6H14BNO4/c1-4(8-3)5(6(9)10)12-7(2)11/h4-5,8,11H,1-3H3,(H,9,10)/t4-,5+/m0/s1. The van der Waals surface area contributed by atoms with E-state index in [1.54, 1.807) is 14.0 Å². The minimum atomic E-state index is -1.09. The first-order chi connectivity index (χ1) is 5.49. The average Bonchev–Trinajstić information content (AvgIpc) is 1.98. The highest BCUT2D eigenvalue weighted by molar-refractivity contribution is 6.41. The number of hydrogen-bond acceptors (Lipinski definition) is 4. The van der Waals surface area contributed by atoms with Gasteiger partial charge in [-0.2, -0.15) is 0 Å². The lowest BCUT2D eigenvalue weighted by atomic mass is 9.95. The molecule has 0 unspecified atom stereocenters. The largest absolute Gasteiger partial charge is 0.479 e. The van der Waals surface area contributed by atoms with Crippen molar-refractivity contribution in [2.24, 2.45) is 0 Å². The van der Waals surface area contributed by atoms with Gasteiger partial charge in [0.25, 0.3) is 0 Å². The molecule has 0 saturated carbocycles. The molecular formula is C6H14BNO4. The minimum absolute atomic E-state index is 0.336. The molecule has 0 aromatic carbocycles. The van der Waals surface area contributed by atoms with Crippen molar-refractivity contribution >= 4 is 13.1 Å². The lowest BCUT2D eigenvalue weighted by Gasteiger charge is -2.20. The maximum absolute atomic E-state index is 10.6. The molecule has 0 spiro atoms. The van der Waals surface area contributed by atoms with Crippen LogP contribution in [0.3, 0.4) is 0 Å². The zero-order valence-corrected chi connectivity index (χ0v) is 7.44. The number of aliphatic carboxylic acids is 1. The predicted molar refractivity (Wildman–Crippen MR) is 44.9 cm³/mol. The third kappa shape index (κ3) is 3.70. The summed E-state index contributed by atoms with van der Waals surface area (Å²) in [5.74, 6) is -1.09. The van der Waals surface area contributed by atoms with E-state index < -0.39 is 19.2 Å². The van der Waals surface area contributed by atoms with Crippen LogP contribution in [0.25, 0.3) is 0 Å². The van der Waals surface area contributed by atoms with Gasteiger partial charge in [0, 0.05) is 6.04 Å². The molecule has 0 bridgehead atoms. The number of carbonyl (C=O) groups is 1. The van der Waals surface area contributed by atoms with E-state index in [1.165, 1.54) is 6.82 Å². The minimum Gasteiger partial charge on any atom is -0.479 e. The lowest BCUT2D eigenvalue weighted by Crippen LogP contribution is -2.44. The summed E-state index contributed by atoms with van der Waals surface area (Å²) in [6.07, 6.45) is -1.02. The van der Waals surface area contributed by atoms with E-state index in [0.717, 1.165) is 0 Å². The Hall–Kier alpha value is -0.585. The van der Waals surface area contributed by atoms with Gasteiger partial charge in [0.1, 0.15) is 0 Å². The molecule has 3 N–H and O–H groups in total. The molecule has 0 fully saturated rings. The Morgan fingerprint density at radius 1 is 1.67 bits per heavy atom. The molecule has 0 rings (SSSR count).